The van der Waals surface area contributed by atoms with Gasteiger partial charge in [-0.1, -0.05) is 37.5 Å². The second kappa shape index (κ2) is 6.52. The molecule has 4 heteroatoms. The third kappa shape index (κ3) is 2.66. The first-order valence-corrected chi connectivity index (χ1v) is 10.0. The fraction of sp³-hybridized carbons (Fsp3) is 0.391. The van der Waals surface area contributed by atoms with Crippen molar-refractivity contribution in [3.63, 3.8) is 0 Å². The minimum Gasteiger partial charge on any atom is -0.443 e. The van der Waals surface area contributed by atoms with E-state index in [4.69, 9.17) is 4.42 Å². The number of aryl methyl sites for hydroxylation is 2. The molecule has 2 aromatic carbocycles. The van der Waals surface area contributed by atoms with E-state index in [1.54, 1.807) is 6.39 Å². The average molecular weight is 360 g/mol. The minimum absolute atomic E-state index is 0.755. The van der Waals surface area contributed by atoms with Crippen LogP contribution < -0.4 is 4.57 Å². The van der Waals surface area contributed by atoms with E-state index in [1.165, 1.54) is 60.1 Å². The lowest BCUT2D eigenvalue weighted by atomic mass is 9.89. The van der Waals surface area contributed by atoms with Crippen molar-refractivity contribution in [3.8, 4) is 11.4 Å². The first kappa shape index (κ1) is 16.5. The number of benzene rings is 2. The average Bonchev–Trinajstić information content (AvgIpc) is 3.27. The second-order valence-electron chi connectivity index (χ2n) is 7.94. The topological polar surface area (TPSA) is 34.8 Å². The van der Waals surface area contributed by atoms with Crippen LogP contribution in [-0.2, 0) is 13.6 Å². The van der Waals surface area contributed by atoms with Gasteiger partial charge in [-0.2, -0.15) is 0 Å². The van der Waals surface area contributed by atoms with Crippen LogP contribution in [0.5, 0.6) is 0 Å². The fourth-order valence-corrected chi connectivity index (χ4v) is 4.81. The Kier molecular flexibility index (Phi) is 4.00. The molecule has 27 heavy (non-hydrogen) atoms. The fourth-order valence-electron chi connectivity index (χ4n) is 4.81. The van der Waals surface area contributed by atoms with Crippen LogP contribution in [0.4, 0.5) is 0 Å². The number of hydrogen-bond acceptors (Lipinski definition) is 2. The van der Waals surface area contributed by atoms with Crippen LogP contribution in [0.3, 0.4) is 0 Å². The molecule has 0 unspecified atom stereocenters. The molecule has 0 N–H and O–H groups in total. The molecule has 1 aliphatic carbocycles. The molecule has 4 nitrogen and oxygen atoms in total. The van der Waals surface area contributed by atoms with Crippen LogP contribution in [0.2, 0.25) is 0 Å². The van der Waals surface area contributed by atoms with E-state index in [1.807, 2.05) is 6.07 Å². The summed E-state index contributed by atoms with van der Waals surface area (Å²) in [5.74, 6) is 1.99. The Balaban J connectivity index is 1.78. The Labute approximate surface area is 159 Å². The highest BCUT2D eigenvalue weighted by molar-refractivity contribution is 5.91. The van der Waals surface area contributed by atoms with E-state index in [0.29, 0.717) is 0 Å². The summed E-state index contributed by atoms with van der Waals surface area (Å²) in [5, 5.41) is 0. The first-order valence-electron chi connectivity index (χ1n) is 10.0. The third-order valence-corrected chi connectivity index (χ3v) is 6.21. The van der Waals surface area contributed by atoms with Gasteiger partial charge in [0.25, 0.3) is 5.82 Å². The van der Waals surface area contributed by atoms with Gasteiger partial charge in [-0.25, -0.2) is 14.1 Å². The molecule has 0 amide bonds. The van der Waals surface area contributed by atoms with Crippen molar-refractivity contribution in [1.82, 2.24) is 9.55 Å². The molecule has 138 valence electrons. The molecule has 0 saturated heterocycles. The molecular weight excluding hydrogens is 334 g/mol. The Morgan fingerprint density at radius 2 is 1.93 bits per heavy atom. The van der Waals surface area contributed by atoms with E-state index in [-0.39, 0.29) is 0 Å². The summed E-state index contributed by atoms with van der Waals surface area (Å²) in [6.45, 7) is 3.25. The highest BCUT2D eigenvalue weighted by Crippen LogP contribution is 2.34. The van der Waals surface area contributed by atoms with E-state index < -0.39 is 0 Å². The van der Waals surface area contributed by atoms with Crippen LogP contribution in [0.1, 0.15) is 37.7 Å². The lowest BCUT2D eigenvalue weighted by Crippen LogP contribution is -2.31. The summed E-state index contributed by atoms with van der Waals surface area (Å²) in [4.78, 5) is 4.56. The molecule has 5 rings (SSSR count). The Bertz CT molecular complexity index is 1120. The molecular formula is C23H26N3O+. The zero-order valence-electron chi connectivity index (χ0n) is 16.1. The molecule has 0 aliphatic heterocycles. The Morgan fingerprint density at radius 3 is 2.78 bits per heavy atom. The number of para-hydroxylation sites is 2. The Hall–Kier alpha value is -2.62. The Morgan fingerprint density at radius 1 is 1.11 bits per heavy atom. The summed E-state index contributed by atoms with van der Waals surface area (Å²) in [7, 11) is 2.17. The van der Waals surface area contributed by atoms with Crippen LogP contribution in [0, 0.1) is 12.8 Å². The van der Waals surface area contributed by atoms with Gasteiger partial charge in [0.05, 0.1) is 19.2 Å². The van der Waals surface area contributed by atoms with Gasteiger partial charge in [-0.05, 0) is 49.4 Å². The van der Waals surface area contributed by atoms with Crippen molar-refractivity contribution >= 4 is 22.1 Å². The van der Waals surface area contributed by atoms with Gasteiger partial charge in [-0.3, -0.25) is 0 Å². The van der Waals surface area contributed by atoms with E-state index in [2.05, 4.69) is 58.4 Å². The van der Waals surface area contributed by atoms with Crippen LogP contribution >= 0.6 is 0 Å². The van der Waals surface area contributed by atoms with Crippen molar-refractivity contribution in [2.24, 2.45) is 13.0 Å². The monoisotopic (exact) mass is 360 g/mol. The maximum absolute atomic E-state index is 5.61. The highest BCUT2D eigenvalue weighted by atomic mass is 16.3. The predicted molar refractivity (Wildman–Crippen MR) is 107 cm³/mol. The zero-order chi connectivity index (χ0) is 18.4. The van der Waals surface area contributed by atoms with Crippen molar-refractivity contribution in [2.75, 3.05) is 0 Å². The van der Waals surface area contributed by atoms with Crippen LogP contribution in [0.15, 0.2) is 47.2 Å². The number of rotatable bonds is 3. The molecule has 1 fully saturated rings. The van der Waals surface area contributed by atoms with E-state index in [9.17, 15) is 0 Å². The molecule has 1 saturated carbocycles. The van der Waals surface area contributed by atoms with Crippen molar-refractivity contribution in [3.05, 3.63) is 48.4 Å². The third-order valence-electron chi connectivity index (χ3n) is 6.21. The molecule has 0 radical (unpaired) electrons. The number of imidazole rings is 1. The molecule has 0 bridgehead atoms. The number of hydrogen-bond donors (Lipinski definition) is 0. The van der Waals surface area contributed by atoms with Crippen molar-refractivity contribution in [1.29, 1.82) is 0 Å². The SMILES string of the molecule is Cc1ccc2ocnc2c1-c1n(CC2CCCCC2)c2ccccc2[n+]1C. The van der Waals surface area contributed by atoms with Gasteiger partial charge in [-0.15, -0.1) is 0 Å². The largest absolute Gasteiger partial charge is 0.443 e. The predicted octanol–water partition coefficient (Wildman–Crippen LogP) is 5.16. The van der Waals surface area contributed by atoms with Gasteiger partial charge < -0.3 is 4.42 Å². The molecule has 0 spiro atoms. The van der Waals surface area contributed by atoms with E-state index in [0.717, 1.165) is 23.6 Å². The van der Waals surface area contributed by atoms with Gasteiger partial charge in [0.15, 0.2) is 23.0 Å². The highest BCUT2D eigenvalue weighted by Gasteiger charge is 2.30. The number of fused-ring (bicyclic) bond motifs is 2. The molecule has 2 heterocycles. The second-order valence-corrected chi connectivity index (χ2v) is 7.94. The molecule has 0 atom stereocenters. The zero-order valence-corrected chi connectivity index (χ0v) is 16.1. The summed E-state index contributed by atoms with van der Waals surface area (Å²) >= 11 is 0. The quantitative estimate of drug-likeness (QED) is 0.473. The summed E-state index contributed by atoms with van der Waals surface area (Å²) in [6.07, 6.45) is 8.35. The van der Waals surface area contributed by atoms with Crippen molar-refractivity contribution < 1.29 is 8.98 Å². The van der Waals surface area contributed by atoms with Crippen molar-refractivity contribution in [2.45, 2.75) is 45.6 Å². The van der Waals surface area contributed by atoms with Gasteiger partial charge in [0.1, 0.15) is 5.52 Å². The number of oxazole rings is 1. The lowest BCUT2D eigenvalue weighted by molar-refractivity contribution is -0.634. The van der Waals surface area contributed by atoms with Gasteiger partial charge in [0, 0.05) is 0 Å². The van der Waals surface area contributed by atoms with Gasteiger partial charge >= 0.3 is 0 Å². The maximum atomic E-state index is 5.61. The summed E-state index contributed by atoms with van der Waals surface area (Å²) < 4.78 is 10.5. The lowest BCUT2D eigenvalue weighted by Gasteiger charge is -2.20. The minimum atomic E-state index is 0.755. The normalized spacial score (nSPS) is 15.8. The summed E-state index contributed by atoms with van der Waals surface area (Å²) in [5.41, 5.74) is 6.81. The van der Waals surface area contributed by atoms with Crippen LogP contribution in [-0.4, -0.2) is 9.55 Å². The molecule has 4 aromatic rings. The molecule has 2 aromatic heterocycles. The summed E-state index contributed by atoms with van der Waals surface area (Å²) in [6, 6.07) is 12.9. The van der Waals surface area contributed by atoms with Crippen LogP contribution in [0.25, 0.3) is 33.5 Å². The van der Waals surface area contributed by atoms with E-state index >= 15 is 0 Å². The first-order chi connectivity index (χ1) is 13.2. The smallest absolute Gasteiger partial charge is 0.292 e. The number of nitrogens with zero attached hydrogens (tertiary/aromatic N) is 3. The maximum Gasteiger partial charge on any atom is 0.292 e. The standard InChI is InChI=1S/C23H26N3O/c1-16-12-13-20-22(24-15-27-20)21(16)23-25(2)18-10-6-7-11-19(18)26(23)14-17-8-4-3-5-9-17/h6-7,10-13,15,17H,3-5,8-9,14H2,1-2H3/q+1. The van der Waals surface area contributed by atoms with Gasteiger partial charge in [0.2, 0.25) is 0 Å². The number of aromatic nitrogens is 3. The molecule has 1 aliphatic rings.